The number of likely N-dealkylation sites (N-methyl/N-ethyl adjacent to an activating group) is 1. The van der Waals surface area contributed by atoms with E-state index >= 15 is 0 Å². The fraction of sp³-hybridized carbons (Fsp3) is 0.667. The molecule has 1 aromatic rings. The summed E-state index contributed by atoms with van der Waals surface area (Å²) in [6, 6.07) is 9.83. The first-order valence-electron chi connectivity index (χ1n) is 8.43. The van der Waals surface area contributed by atoms with E-state index in [9.17, 15) is 0 Å². The van der Waals surface area contributed by atoms with Crippen LogP contribution in [-0.4, -0.2) is 36.7 Å². The Bertz CT molecular complexity index is 435. The number of rotatable bonds is 7. The molecule has 0 saturated carbocycles. The van der Waals surface area contributed by atoms with Crippen LogP contribution in [0.5, 0.6) is 5.75 Å². The summed E-state index contributed by atoms with van der Waals surface area (Å²) in [5.41, 5.74) is 1.31. The van der Waals surface area contributed by atoms with Crippen molar-refractivity contribution in [2.45, 2.75) is 58.7 Å². The molecule has 1 aromatic carbocycles. The summed E-state index contributed by atoms with van der Waals surface area (Å²) in [7, 11) is 0. The van der Waals surface area contributed by atoms with Crippen LogP contribution >= 0.6 is 0 Å². The van der Waals surface area contributed by atoms with Crippen molar-refractivity contribution < 1.29 is 4.74 Å². The molecule has 0 amide bonds. The number of fused-ring (bicyclic) bond motifs is 1. The fourth-order valence-electron chi connectivity index (χ4n) is 3.29. The van der Waals surface area contributed by atoms with Crippen LogP contribution in [0.1, 0.15) is 52.1 Å². The Labute approximate surface area is 129 Å². The van der Waals surface area contributed by atoms with Gasteiger partial charge in [0.25, 0.3) is 0 Å². The van der Waals surface area contributed by atoms with E-state index in [4.69, 9.17) is 4.74 Å². The van der Waals surface area contributed by atoms with Gasteiger partial charge in [-0.05, 0) is 38.9 Å². The zero-order valence-electron chi connectivity index (χ0n) is 13.9. The van der Waals surface area contributed by atoms with E-state index < -0.39 is 0 Å². The molecule has 0 bridgehead atoms. The molecule has 1 N–H and O–H groups in total. The molecule has 3 atom stereocenters. The van der Waals surface area contributed by atoms with Gasteiger partial charge in [-0.25, -0.2) is 0 Å². The van der Waals surface area contributed by atoms with Crippen molar-refractivity contribution >= 4 is 0 Å². The van der Waals surface area contributed by atoms with Crippen molar-refractivity contribution in [1.82, 2.24) is 10.2 Å². The number of ether oxygens (including phenoxy) is 1. The van der Waals surface area contributed by atoms with Gasteiger partial charge in [0.15, 0.2) is 0 Å². The summed E-state index contributed by atoms with van der Waals surface area (Å²) >= 11 is 0. The standard InChI is InChI=1S/C18H30N2O/c1-5-12-19-18-15-10-8-9-11-17(15)21-13-16(18)20(7-3)14(4)6-2/h8-11,14,16,18-19H,5-7,12-13H2,1-4H3. The van der Waals surface area contributed by atoms with Gasteiger partial charge in [-0.1, -0.05) is 39.0 Å². The number of nitrogens with one attached hydrogen (secondary N) is 1. The van der Waals surface area contributed by atoms with Crippen LogP contribution in [0.15, 0.2) is 24.3 Å². The topological polar surface area (TPSA) is 24.5 Å². The van der Waals surface area contributed by atoms with E-state index in [1.54, 1.807) is 0 Å². The van der Waals surface area contributed by atoms with Crippen LogP contribution in [0.2, 0.25) is 0 Å². The molecule has 3 nitrogen and oxygen atoms in total. The lowest BCUT2D eigenvalue weighted by molar-refractivity contribution is 0.0601. The molecule has 1 aliphatic heterocycles. The normalized spacial score (nSPS) is 22.7. The summed E-state index contributed by atoms with van der Waals surface area (Å²) < 4.78 is 6.04. The molecule has 0 aromatic heterocycles. The predicted molar refractivity (Wildman–Crippen MR) is 88.9 cm³/mol. The third kappa shape index (κ3) is 3.58. The lowest BCUT2D eigenvalue weighted by Crippen LogP contribution is -2.53. The second kappa shape index (κ2) is 7.81. The lowest BCUT2D eigenvalue weighted by atomic mass is 9.93. The molecular formula is C18H30N2O. The van der Waals surface area contributed by atoms with Crippen molar-refractivity contribution in [3.05, 3.63) is 29.8 Å². The Morgan fingerprint density at radius 1 is 1.29 bits per heavy atom. The number of para-hydroxylation sites is 1. The molecule has 2 rings (SSSR count). The Balaban J connectivity index is 2.27. The third-order valence-electron chi connectivity index (χ3n) is 4.61. The summed E-state index contributed by atoms with van der Waals surface area (Å²) in [6.07, 6.45) is 2.33. The van der Waals surface area contributed by atoms with Crippen molar-refractivity contribution in [3.8, 4) is 5.75 Å². The molecule has 0 saturated heterocycles. The molecule has 21 heavy (non-hydrogen) atoms. The molecule has 1 heterocycles. The van der Waals surface area contributed by atoms with Gasteiger partial charge in [-0.2, -0.15) is 0 Å². The third-order valence-corrected chi connectivity index (χ3v) is 4.61. The molecular weight excluding hydrogens is 260 g/mol. The highest BCUT2D eigenvalue weighted by Gasteiger charge is 2.35. The maximum Gasteiger partial charge on any atom is 0.124 e. The van der Waals surface area contributed by atoms with Crippen LogP contribution < -0.4 is 10.1 Å². The second-order valence-electron chi connectivity index (χ2n) is 5.94. The van der Waals surface area contributed by atoms with Crippen LogP contribution in [-0.2, 0) is 0 Å². The average molecular weight is 290 g/mol. The van der Waals surface area contributed by atoms with Crippen LogP contribution in [0.3, 0.4) is 0 Å². The van der Waals surface area contributed by atoms with Gasteiger partial charge in [-0.3, -0.25) is 4.90 Å². The van der Waals surface area contributed by atoms with E-state index in [1.165, 1.54) is 12.0 Å². The van der Waals surface area contributed by atoms with Gasteiger partial charge >= 0.3 is 0 Å². The number of hydrogen-bond donors (Lipinski definition) is 1. The average Bonchev–Trinajstić information content (AvgIpc) is 2.53. The minimum absolute atomic E-state index is 0.365. The van der Waals surface area contributed by atoms with Gasteiger partial charge in [0.1, 0.15) is 12.4 Å². The van der Waals surface area contributed by atoms with Crippen LogP contribution in [0.4, 0.5) is 0 Å². The number of benzene rings is 1. The first-order chi connectivity index (χ1) is 10.2. The van der Waals surface area contributed by atoms with Gasteiger partial charge in [-0.15, -0.1) is 0 Å². The lowest BCUT2D eigenvalue weighted by Gasteiger charge is -2.43. The second-order valence-corrected chi connectivity index (χ2v) is 5.94. The summed E-state index contributed by atoms with van der Waals surface area (Å²) in [6.45, 7) is 11.9. The summed E-state index contributed by atoms with van der Waals surface area (Å²) in [5, 5.41) is 3.75. The molecule has 118 valence electrons. The first-order valence-corrected chi connectivity index (χ1v) is 8.43. The maximum atomic E-state index is 6.04. The number of hydrogen-bond acceptors (Lipinski definition) is 3. The monoisotopic (exact) mass is 290 g/mol. The van der Waals surface area contributed by atoms with E-state index in [1.807, 2.05) is 0 Å². The Hall–Kier alpha value is -1.06. The number of nitrogens with zero attached hydrogens (tertiary/aromatic N) is 1. The van der Waals surface area contributed by atoms with Gasteiger partial charge in [0, 0.05) is 11.6 Å². The Morgan fingerprint density at radius 2 is 2.05 bits per heavy atom. The summed E-state index contributed by atoms with van der Waals surface area (Å²) in [5.74, 6) is 1.04. The molecule has 0 radical (unpaired) electrons. The maximum absolute atomic E-state index is 6.04. The fourth-order valence-corrected chi connectivity index (χ4v) is 3.29. The van der Waals surface area contributed by atoms with Gasteiger partial charge < -0.3 is 10.1 Å². The zero-order chi connectivity index (χ0) is 15.2. The minimum atomic E-state index is 0.365. The molecule has 3 heteroatoms. The van der Waals surface area contributed by atoms with E-state index in [-0.39, 0.29) is 0 Å². The summed E-state index contributed by atoms with van der Waals surface area (Å²) in [4.78, 5) is 2.59. The van der Waals surface area contributed by atoms with Crippen LogP contribution in [0.25, 0.3) is 0 Å². The van der Waals surface area contributed by atoms with Gasteiger partial charge in [0.2, 0.25) is 0 Å². The zero-order valence-corrected chi connectivity index (χ0v) is 13.9. The largest absolute Gasteiger partial charge is 0.492 e. The van der Waals surface area contributed by atoms with Crippen molar-refractivity contribution in [2.24, 2.45) is 0 Å². The molecule has 0 spiro atoms. The van der Waals surface area contributed by atoms with Crippen molar-refractivity contribution in [1.29, 1.82) is 0 Å². The molecule has 0 fully saturated rings. The highest BCUT2D eigenvalue weighted by molar-refractivity contribution is 5.38. The molecule has 1 aliphatic rings. The van der Waals surface area contributed by atoms with E-state index in [2.05, 4.69) is 62.2 Å². The van der Waals surface area contributed by atoms with Crippen molar-refractivity contribution in [2.75, 3.05) is 19.7 Å². The SMILES string of the molecule is CCCNC1c2ccccc2OCC1N(CC)C(C)CC. The van der Waals surface area contributed by atoms with Crippen molar-refractivity contribution in [3.63, 3.8) is 0 Å². The van der Waals surface area contributed by atoms with Gasteiger partial charge in [0.05, 0.1) is 12.1 Å². The van der Waals surface area contributed by atoms with E-state index in [0.717, 1.165) is 31.9 Å². The first kappa shape index (κ1) is 16.3. The molecule has 3 unspecified atom stereocenters. The smallest absolute Gasteiger partial charge is 0.124 e. The van der Waals surface area contributed by atoms with E-state index in [0.29, 0.717) is 18.1 Å². The highest BCUT2D eigenvalue weighted by atomic mass is 16.5. The predicted octanol–water partition coefficient (Wildman–Crippen LogP) is 3.61. The molecule has 0 aliphatic carbocycles. The Kier molecular flexibility index (Phi) is 6.07. The quantitative estimate of drug-likeness (QED) is 0.830. The van der Waals surface area contributed by atoms with Crippen LogP contribution in [0, 0.1) is 0 Å². The Morgan fingerprint density at radius 3 is 2.71 bits per heavy atom. The minimum Gasteiger partial charge on any atom is -0.492 e. The highest BCUT2D eigenvalue weighted by Crippen LogP contribution is 2.35.